The summed E-state index contributed by atoms with van der Waals surface area (Å²) in [6, 6.07) is 8.30. The van der Waals surface area contributed by atoms with Gasteiger partial charge in [0.1, 0.15) is 12.0 Å². The van der Waals surface area contributed by atoms with E-state index in [1.54, 1.807) is 6.20 Å². The maximum Gasteiger partial charge on any atom is 0.273 e. The van der Waals surface area contributed by atoms with Gasteiger partial charge in [0, 0.05) is 43.2 Å². The molecule has 0 saturated heterocycles. The van der Waals surface area contributed by atoms with Crippen molar-refractivity contribution in [1.82, 2.24) is 15.3 Å². The van der Waals surface area contributed by atoms with Gasteiger partial charge in [-0.3, -0.25) is 9.78 Å². The maximum absolute atomic E-state index is 12.5. The fraction of sp³-hybridized carbons (Fsp3) is 0.348. The van der Waals surface area contributed by atoms with Crippen molar-refractivity contribution < 1.29 is 14.3 Å². The predicted octanol–water partition coefficient (Wildman–Crippen LogP) is 3.24. The molecule has 7 heteroatoms. The number of hydrogen-bond donors (Lipinski definition) is 2. The number of anilines is 1. The lowest BCUT2D eigenvalue weighted by atomic mass is 9.96. The van der Waals surface area contributed by atoms with Crippen molar-refractivity contribution in [3.8, 4) is 11.1 Å². The first-order valence-corrected chi connectivity index (χ1v) is 10.3. The molecule has 1 atom stereocenters. The van der Waals surface area contributed by atoms with Gasteiger partial charge >= 0.3 is 0 Å². The molecule has 1 amide bonds. The van der Waals surface area contributed by atoms with Crippen molar-refractivity contribution in [3.05, 3.63) is 65.6 Å². The molecule has 2 aliphatic rings. The van der Waals surface area contributed by atoms with Crippen LogP contribution in [0.15, 0.2) is 47.5 Å². The molecule has 3 aromatic rings. The van der Waals surface area contributed by atoms with E-state index in [9.17, 15) is 9.90 Å². The van der Waals surface area contributed by atoms with Crippen molar-refractivity contribution in [1.29, 1.82) is 0 Å². The van der Waals surface area contributed by atoms with E-state index in [2.05, 4.69) is 21.4 Å². The number of pyridine rings is 1. The van der Waals surface area contributed by atoms with Crippen LogP contribution in [0.4, 0.5) is 5.69 Å². The van der Waals surface area contributed by atoms with Crippen LogP contribution in [0.3, 0.4) is 0 Å². The molecule has 0 bridgehead atoms. The third-order valence-electron chi connectivity index (χ3n) is 5.92. The standard InChI is InChI=1S/C23H24N4O3/c1-27-19-6-4-16(9-17(19)5-7-20(27)28)18-8-14(10-24-12-18)11-25-23(29)21-22(15-2-3-15)30-13-26-21/h4,6,8-10,12-13,15,20,28H,2-3,5,7,11H2,1H3,(H,25,29). The van der Waals surface area contributed by atoms with E-state index in [0.29, 0.717) is 23.9 Å². The molecule has 1 fully saturated rings. The van der Waals surface area contributed by atoms with Crippen LogP contribution in [0.2, 0.25) is 0 Å². The van der Waals surface area contributed by atoms with Gasteiger partial charge in [-0.2, -0.15) is 0 Å². The molecule has 1 saturated carbocycles. The number of fused-ring (bicyclic) bond motifs is 1. The van der Waals surface area contributed by atoms with Crippen LogP contribution in [0, 0.1) is 0 Å². The summed E-state index contributed by atoms with van der Waals surface area (Å²) in [4.78, 5) is 22.9. The molecule has 3 heterocycles. The number of oxazole rings is 1. The number of aliphatic hydroxyl groups excluding tert-OH is 1. The Labute approximate surface area is 174 Å². The summed E-state index contributed by atoms with van der Waals surface area (Å²) in [6.07, 6.45) is 8.18. The number of rotatable bonds is 5. The number of nitrogens with zero attached hydrogens (tertiary/aromatic N) is 3. The lowest BCUT2D eigenvalue weighted by Gasteiger charge is -2.32. The van der Waals surface area contributed by atoms with Crippen LogP contribution in [0.1, 0.15) is 52.6 Å². The molecule has 5 rings (SSSR count). The number of hydrogen-bond acceptors (Lipinski definition) is 6. The molecule has 1 unspecified atom stereocenters. The fourth-order valence-electron chi connectivity index (χ4n) is 4.02. The molecule has 1 aliphatic carbocycles. The maximum atomic E-state index is 12.5. The molecule has 30 heavy (non-hydrogen) atoms. The molecule has 154 valence electrons. The highest BCUT2D eigenvalue weighted by atomic mass is 16.3. The summed E-state index contributed by atoms with van der Waals surface area (Å²) in [5.74, 6) is 0.817. The number of aryl methyl sites for hydroxylation is 1. The van der Waals surface area contributed by atoms with Crippen LogP contribution < -0.4 is 10.2 Å². The van der Waals surface area contributed by atoms with Crippen LogP contribution in [0.5, 0.6) is 0 Å². The SMILES string of the molecule is CN1c2ccc(-c3cncc(CNC(=O)c4ncoc4C4CC4)c3)cc2CCC1O. The molecule has 7 nitrogen and oxygen atoms in total. The molecular weight excluding hydrogens is 380 g/mol. The second kappa shape index (κ2) is 7.57. The Hall–Kier alpha value is -3.19. The number of aliphatic hydroxyl groups is 1. The number of amides is 1. The smallest absolute Gasteiger partial charge is 0.273 e. The summed E-state index contributed by atoms with van der Waals surface area (Å²) >= 11 is 0. The monoisotopic (exact) mass is 404 g/mol. The Morgan fingerprint density at radius 2 is 2.10 bits per heavy atom. The highest BCUT2D eigenvalue weighted by Crippen LogP contribution is 2.41. The summed E-state index contributed by atoms with van der Waals surface area (Å²) < 4.78 is 5.39. The third kappa shape index (κ3) is 3.57. The Morgan fingerprint density at radius 3 is 2.93 bits per heavy atom. The second-order valence-corrected chi connectivity index (χ2v) is 8.08. The van der Waals surface area contributed by atoms with E-state index in [4.69, 9.17) is 4.42 Å². The first-order valence-electron chi connectivity index (χ1n) is 10.3. The van der Waals surface area contributed by atoms with E-state index in [0.717, 1.165) is 48.1 Å². The Bertz CT molecular complexity index is 1090. The number of carbonyl (C=O) groups excluding carboxylic acids is 1. The second-order valence-electron chi connectivity index (χ2n) is 8.08. The highest BCUT2D eigenvalue weighted by Gasteiger charge is 2.32. The first kappa shape index (κ1) is 18.8. The van der Waals surface area contributed by atoms with E-state index >= 15 is 0 Å². The van der Waals surface area contributed by atoms with Crippen LogP contribution in [0.25, 0.3) is 11.1 Å². The number of nitrogens with one attached hydrogen (secondary N) is 1. The zero-order valence-electron chi connectivity index (χ0n) is 16.8. The Morgan fingerprint density at radius 1 is 1.23 bits per heavy atom. The van der Waals surface area contributed by atoms with E-state index in [-0.39, 0.29) is 5.91 Å². The summed E-state index contributed by atoms with van der Waals surface area (Å²) in [6.45, 7) is 0.372. The highest BCUT2D eigenvalue weighted by molar-refractivity contribution is 5.93. The summed E-state index contributed by atoms with van der Waals surface area (Å²) in [7, 11) is 1.91. The number of carbonyl (C=O) groups is 1. The van der Waals surface area contributed by atoms with E-state index in [1.165, 1.54) is 12.0 Å². The Kier molecular flexibility index (Phi) is 4.75. The molecule has 2 aromatic heterocycles. The van der Waals surface area contributed by atoms with Gasteiger partial charge in [0.25, 0.3) is 5.91 Å². The minimum Gasteiger partial charge on any atom is -0.447 e. The van der Waals surface area contributed by atoms with Crippen molar-refractivity contribution in [3.63, 3.8) is 0 Å². The van der Waals surface area contributed by atoms with Crippen molar-refractivity contribution in [2.24, 2.45) is 0 Å². The van der Waals surface area contributed by atoms with Crippen molar-refractivity contribution >= 4 is 11.6 Å². The van der Waals surface area contributed by atoms with Gasteiger partial charge in [-0.15, -0.1) is 0 Å². The summed E-state index contributed by atoms with van der Waals surface area (Å²) in [5.41, 5.74) is 5.67. The zero-order valence-corrected chi connectivity index (χ0v) is 16.8. The Balaban J connectivity index is 1.31. The lowest BCUT2D eigenvalue weighted by molar-refractivity contribution is 0.0944. The zero-order chi connectivity index (χ0) is 20.7. The average Bonchev–Trinajstić information content (AvgIpc) is 3.50. The van der Waals surface area contributed by atoms with E-state index in [1.807, 2.05) is 36.3 Å². The lowest BCUT2D eigenvalue weighted by Crippen LogP contribution is -2.35. The molecule has 1 aromatic carbocycles. The molecular formula is C23H24N4O3. The van der Waals surface area contributed by atoms with Gasteiger partial charge < -0.3 is 19.7 Å². The summed E-state index contributed by atoms with van der Waals surface area (Å²) in [5, 5.41) is 13.0. The van der Waals surface area contributed by atoms with E-state index < -0.39 is 6.23 Å². The first-order chi connectivity index (χ1) is 14.6. The van der Waals surface area contributed by atoms with Crippen molar-refractivity contribution in [2.75, 3.05) is 11.9 Å². The minimum atomic E-state index is -0.429. The predicted molar refractivity (Wildman–Crippen MR) is 112 cm³/mol. The molecule has 2 N–H and O–H groups in total. The van der Waals surface area contributed by atoms with Gasteiger partial charge in [0.2, 0.25) is 0 Å². The third-order valence-corrected chi connectivity index (χ3v) is 5.92. The van der Waals surface area contributed by atoms with Gasteiger partial charge in [-0.05, 0) is 60.6 Å². The molecule has 1 aliphatic heterocycles. The van der Waals surface area contributed by atoms with Gasteiger partial charge in [0.05, 0.1) is 0 Å². The van der Waals surface area contributed by atoms with Crippen LogP contribution in [-0.4, -0.2) is 34.3 Å². The number of benzene rings is 1. The quantitative estimate of drug-likeness (QED) is 0.678. The van der Waals surface area contributed by atoms with Crippen LogP contribution in [-0.2, 0) is 13.0 Å². The van der Waals surface area contributed by atoms with Gasteiger partial charge in [-0.1, -0.05) is 6.07 Å². The van der Waals surface area contributed by atoms with Gasteiger partial charge in [-0.25, -0.2) is 4.98 Å². The topological polar surface area (TPSA) is 91.5 Å². The number of aromatic nitrogens is 2. The van der Waals surface area contributed by atoms with Gasteiger partial charge in [0.15, 0.2) is 12.1 Å². The normalized spacial score (nSPS) is 18.2. The molecule has 0 spiro atoms. The average molecular weight is 404 g/mol. The molecule has 0 radical (unpaired) electrons. The fourth-order valence-corrected chi connectivity index (χ4v) is 4.02. The van der Waals surface area contributed by atoms with Crippen LogP contribution >= 0.6 is 0 Å². The minimum absolute atomic E-state index is 0.216. The largest absolute Gasteiger partial charge is 0.447 e. The van der Waals surface area contributed by atoms with Crippen molar-refractivity contribution in [2.45, 2.75) is 44.4 Å².